The first kappa shape index (κ1) is 22.1. The van der Waals surface area contributed by atoms with Crippen molar-refractivity contribution in [3.05, 3.63) is 50.7 Å². The summed E-state index contributed by atoms with van der Waals surface area (Å²) in [4.78, 5) is 33.9. The second-order valence-corrected chi connectivity index (χ2v) is 9.87. The highest BCUT2D eigenvalue weighted by Gasteiger charge is 2.30. The maximum absolute atomic E-state index is 13.2. The largest absolute Gasteiger partial charge is 0.397 e. The van der Waals surface area contributed by atoms with Crippen molar-refractivity contribution in [2.75, 3.05) is 37.2 Å². The van der Waals surface area contributed by atoms with Crippen molar-refractivity contribution >= 4 is 55.0 Å². The summed E-state index contributed by atoms with van der Waals surface area (Å²) in [5.41, 5.74) is 8.62. The van der Waals surface area contributed by atoms with Crippen LogP contribution >= 0.6 is 31.9 Å². The topological polar surface area (TPSA) is 91.6 Å². The van der Waals surface area contributed by atoms with E-state index in [1.54, 1.807) is 24.5 Å². The molecule has 2 aromatic rings. The van der Waals surface area contributed by atoms with Crippen LogP contribution in [-0.2, 0) is 0 Å². The van der Waals surface area contributed by atoms with E-state index in [-0.39, 0.29) is 17.9 Å². The Hall–Kier alpha value is -2.13. The summed E-state index contributed by atoms with van der Waals surface area (Å²) in [6.45, 7) is 2.72. The van der Waals surface area contributed by atoms with Crippen LogP contribution in [-0.4, -0.2) is 58.8 Å². The summed E-state index contributed by atoms with van der Waals surface area (Å²) >= 11 is 6.84. The molecule has 0 bridgehead atoms. The highest BCUT2D eigenvalue weighted by atomic mass is 79.9. The van der Waals surface area contributed by atoms with Crippen molar-refractivity contribution in [2.24, 2.45) is 0 Å². The zero-order valence-electron chi connectivity index (χ0n) is 17.1. The standard InChI is InChI=1S/C22H25Br2N5O2/c23-15-9-18(22(31)28-5-2-1-3-6-28)20(19(25)10-15)27-17-4-7-29(13-17)21(30)14-8-16(24)12-26-11-14/h8-12,17,27H,1-7,13,25H2/t17-/m1/s1. The van der Waals surface area contributed by atoms with Gasteiger partial charge in [-0.15, -0.1) is 0 Å². The van der Waals surface area contributed by atoms with Crippen LogP contribution in [0.3, 0.4) is 0 Å². The van der Waals surface area contributed by atoms with Gasteiger partial charge in [-0.25, -0.2) is 0 Å². The molecule has 7 nitrogen and oxygen atoms in total. The van der Waals surface area contributed by atoms with Gasteiger partial charge in [0.1, 0.15) is 0 Å². The lowest BCUT2D eigenvalue weighted by Crippen LogP contribution is -2.36. The lowest BCUT2D eigenvalue weighted by molar-refractivity contribution is 0.0724. The first-order valence-electron chi connectivity index (χ1n) is 10.5. The lowest BCUT2D eigenvalue weighted by Gasteiger charge is -2.28. The molecule has 2 fully saturated rings. The number of halogens is 2. The summed E-state index contributed by atoms with van der Waals surface area (Å²) in [5, 5.41) is 3.46. The second kappa shape index (κ2) is 9.56. The molecule has 3 N–H and O–H groups in total. The Balaban J connectivity index is 1.50. The molecule has 0 aliphatic carbocycles. The second-order valence-electron chi connectivity index (χ2n) is 8.04. The van der Waals surface area contributed by atoms with E-state index in [0.717, 1.165) is 47.7 Å². The minimum Gasteiger partial charge on any atom is -0.397 e. The van der Waals surface area contributed by atoms with Crippen molar-refractivity contribution in [1.29, 1.82) is 0 Å². The molecule has 2 saturated heterocycles. The Morgan fingerprint density at radius 1 is 0.968 bits per heavy atom. The number of benzene rings is 1. The number of rotatable bonds is 4. The smallest absolute Gasteiger partial charge is 0.256 e. The molecule has 2 aliphatic heterocycles. The Morgan fingerprint density at radius 2 is 1.74 bits per heavy atom. The molecule has 0 spiro atoms. The quantitative estimate of drug-likeness (QED) is 0.558. The van der Waals surface area contributed by atoms with Gasteiger partial charge in [-0.3, -0.25) is 14.6 Å². The summed E-state index contributed by atoms with van der Waals surface area (Å²) in [5.74, 6) is -0.0483. The fourth-order valence-corrected chi connectivity index (χ4v) is 5.04. The van der Waals surface area contributed by atoms with Crippen molar-refractivity contribution in [3.8, 4) is 0 Å². The molecular formula is C22H25Br2N5O2. The number of nitrogens with zero attached hydrogens (tertiary/aromatic N) is 3. The Kier molecular flexibility index (Phi) is 6.81. The van der Waals surface area contributed by atoms with Crippen molar-refractivity contribution in [2.45, 2.75) is 31.7 Å². The SMILES string of the molecule is Nc1cc(Br)cc(C(=O)N2CCCCC2)c1N[C@@H]1CCN(C(=O)c2cncc(Br)c2)C1. The Labute approximate surface area is 198 Å². The van der Waals surface area contributed by atoms with Crippen LogP contribution in [0.2, 0.25) is 0 Å². The molecule has 0 radical (unpaired) electrons. The van der Waals surface area contributed by atoms with Crippen LogP contribution in [0.15, 0.2) is 39.5 Å². The first-order chi connectivity index (χ1) is 14.9. The van der Waals surface area contributed by atoms with Crippen molar-refractivity contribution in [3.63, 3.8) is 0 Å². The van der Waals surface area contributed by atoms with Gasteiger partial charge >= 0.3 is 0 Å². The number of hydrogen-bond donors (Lipinski definition) is 2. The minimum absolute atomic E-state index is 0.00124. The van der Waals surface area contributed by atoms with E-state index in [2.05, 4.69) is 42.2 Å². The molecule has 1 atom stereocenters. The van der Waals surface area contributed by atoms with Crippen molar-refractivity contribution in [1.82, 2.24) is 14.8 Å². The maximum Gasteiger partial charge on any atom is 0.256 e. The van der Waals surface area contributed by atoms with E-state index in [1.165, 1.54) is 0 Å². The van der Waals surface area contributed by atoms with E-state index in [9.17, 15) is 9.59 Å². The number of pyridine rings is 1. The van der Waals surface area contributed by atoms with Crippen LogP contribution in [0.25, 0.3) is 0 Å². The van der Waals surface area contributed by atoms with Gasteiger partial charge in [-0.05, 0) is 59.8 Å². The zero-order chi connectivity index (χ0) is 22.0. The fraction of sp³-hybridized carbons (Fsp3) is 0.409. The summed E-state index contributed by atoms with van der Waals surface area (Å²) in [7, 11) is 0. The van der Waals surface area contributed by atoms with Crippen LogP contribution in [0, 0.1) is 0 Å². The van der Waals surface area contributed by atoms with Crippen molar-refractivity contribution < 1.29 is 9.59 Å². The third-order valence-corrected chi connectivity index (χ3v) is 6.67. The number of amides is 2. The highest BCUT2D eigenvalue weighted by molar-refractivity contribution is 9.10. The molecule has 3 heterocycles. The van der Waals surface area contributed by atoms with Gasteiger partial charge in [0, 0.05) is 53.6 Å². The number of nitrogens with one attached hydrogen (secondary N) is 1. The van der Waals surface area contributed by atoms with Gasteiger partial charge in [0.05, 0.1) is 22.5 Å². The van der Waals surface area contributed by atoms with E-state index in [0.29, 0.717) is 35.6 Å². The van der Waals surface area contributed by atoms with Gasteiger partial charge in [0.15, 0.2) is 0 Å². The average molecular weight is 551 g/mol. The molecule has 1 aromatic heterocycles. The molecule has 9 heteroatoms. The highest BCUT2D eigenvalue weighted by Crippen LogP contribution is 2.32. The number of hydrogen-bond acceptors (Lipinski definition) is 5. The predicted octanol–water partition coefficient (Wildman–Crippen LogP) is 4.14. The van der Waals surface area contributed by atoms with E-state index in [4.69, 9.17) is 5.73 Å². The van der Waals surface area contributed by atoms with E-state index >= 15 is 0 Å². The Bertz CT molecular complexity index is 994. The van der Waals surface area contributed by atoms with Crippen LogP contribution in [0.1, 0.15) is 46.4 Å². The van der Waals surface area contributed by atoms with Gasteiger partial charge in [0.2, 0.25) is 0 Å². The monoisotopic (exact) mass is 549 g/mol. The third kappa shape index (κ3) is 5.03. The normalized spacial score (nSPS) is 18.8. The average Bonchev–Trinajstić information content (AvgIpc) is 3.23. The fourth-order valence-electron chi connectivity index (χ4n) is 4.20. The lowest BCUT2D eigenvalue weighted by atomic mass is 10.1. The molecule has 0 saturated carbocycles. The number of likely N-dealkylation sites (tertiary alicyclic amines) is 2. The van der Waals surface area contributed by atoms with Gasteiger partial charge in [-0.1, -0.05) is 15.9 Å². The van der Waals surface area contributed by atoms with Crippen LogP contribution in [0.4, 0.5) is 11.4 Å². The summed E-state index contributed by atoms with van der Waals surface area (Å²) < 4.78 is 1.55. The molecule has 4 rings (SSSR count). The number of aromatic nitrogens is 1. The number of carbonyl (C=O) groups is 2. The van der Waals surface area contributed by atoms with E-state index in [1.807, 2.05) is 15.9 Å². The number of piperidine rings is 1. The number of anilines is 2. The molecule has 2 amide bonds. The number of nitrogen functional groups attached to an aromatic ring is 1. The molecule has 0 unspecified atom stereocenters. The molecule has 1 aromatic carbocycles. The molecular weight excluding hydrogens is 526 g/mol. The maximum atomic E-state index is 13.2. The zero-order valence-corrected chi connectivity index (χ0v) is 20.3. The van der Waals surface area contributed by atoms with Gasteiger partial charge in [0.25, 0.3) is 11.8 Å². The summed E-state index contributed by atoms with van der Waals surface area (Å²) in [6, 6.07) is 5.43. The number of carbonyl (C=O) groups excluding carboxylic acids is 2. The molecule has 2 aliphatic rings. The minimum atomic E-state index is -0.0495. The summed E-state index contributed by atoms with van der Waals surface area (Å²) in [6.07, 6.45) is 7.23. The van der Waals surface area contributed by atoms with Gasteiger partial charge in [-0.2, -0.15) is 0 Å². The van der Waals surface area contributed by atoms with Gasteiger partial charge < -0.3 is 20.9 Å². The molecule has 164 valence electrons. The van der Waals surface area contributed by atoms with Crippen LogP contribution in [0.5, 0.6) is 0 Å². The Morgan fingerprint density at radius 3 is 2.48 bits per heavy atom. The molecule has 31 heavy (non-hydrogen) atoms. The number of nitrogens with two attached hydrogens (primary N) is 1. The van der Waals surface area contributed by atoms with Crippen LogP contribution < -0.4 is 11.1 Å². The first-order valence-corrected chi connectivity index (χ1v) is 12.1. The predicted molar refractivity (Wildman–Crippen MR) is 128 cm³/mol. The third-order valence-electron chi connectivity index (χ3n) is 5.78. The van der Waals surface area contributed by atoms with E-state index < -0.39 is 0 Å².